The summed E-state index contributed by atoms with van der Waals surface area (Å²) in [5.74, 6) is -1.88. The van der Waals surface area contributed by atoms with Crippen LogP contribution >= 0.6 is 0 Å². The molecule has 0 aromatic heterocycles. The summed E-state index contributed by atoms with van der Waals surface area (Å²) < 4.78 is 14.8. The Hall–Kier alpha value is -3.14. The average Bonchev–Trinajstić information content (AvgIpc) is 2.72. The molecule has 1 aromatic rings. The van der Waals surface area contributed by atoms with E-state index in [-0.39, 0.29) is 32.4 Å². The van der Waals surface area contributed by atoms with E-state index in [2.05, 4.69) is 15.4 Å². The first-order valence-corrected chi connectivity index (χ1v) is 10.2. The van der Waals surface area contributed by atoms with Gasteiger partial charge in [0.1, 0.15) is 18.2 Å². The van der Waals surface area contributed by atoms with Gasteiger partial charge in [-0.1, -0.05) is 30.3 Å². The number of carbonyl (C=O) groups excluding carboxylic acids is 4. The van der Waals surface area contributed by atoms with E-state index in [9.17, 15) is 24.3 Å². The number of aliphatic hydroxyl groups is 1. The molecule has 0 fully saturated rings. The quantitative estimate of drug-likeness (QED) is 0.338. The maximum Gasteiger partial charge on any atom is 0.407 e. The summed E-state index contributed by atoms with van der Waals surface area (Å²) in [6.45, 7) is 5.01. The molecule has 32 heavy (non-hydrogen) atoms. The zero-order valence-electron chi connectivity index (χ0n) is 18.9. The minimum absolute atomic E-state index is 0.0204. The molecule has 1 rings (SSSR count). The number of esters is 2. The summed E-state index contributed by atoms with van der Waals surface area (Å²) in [6, 6.07) is 7.99. The van der Waals surface area contributed by atoms with Gasteiger partial charge in [-0.15, -0.1) is 0 Å². The number of ether oxygens (including phenoxy) is 3. The predicted molar refractivity (Wildman–Crippen MR) is 114 cm³/mol. The van der Waals surface area contributed by atoms with Gasteiger partial charge in [-0.25, -0.2) is 9.59 Å². The number of rotatable bonds is 11. The Balaban J connectivity index is 2.40. The van der Waals surface area contributed by atoms with Crippen molar-refractivity contribution in [3.05, 3.63) is 35.9 Å². The number of carbonyl (C=O) groups is 4. The molecule has 10 heteroatoms. The van der Waals surface area contributed by atoms with Crippen LogP contribution in [0.3, 0.4) is 0 Å². The van der Waals surface area contributed by atoms with Crippen molar-refractivity contribution in [3.63, 3.8) is 0 Å². The van der Waals surface area contributed by atoms with Crippen molar-refractivity contribution < 1.29 is 38.5 Å². The highest BCUT2D eigenvalue weighted by Crippen LogP contribution is 2.11. The normalized spacial score (nSPS) is 12.8. The number of nitrogens with one attached hydrogen (secondary N) is 2. The number of alkyl carbamates (subject to hydrolysis) is 1. The molecule has 178 valence electrons. The van der Waals surface area contributed by atoms with E-state index >= 15 is 0 Å². The van der Waals surface area contributed by atoms with E-state index in [4.69, 9.17) is 9.47 Å². The number of hydrogen-bond donors (Lipinski definition) is 3. The van der Waals surface area contributed by atoms with Crippen LogP contribution in [0.25, 0.3) is 0 Å². The molecule has 0 unspecified atom stereocenters. The fourth-order valence-corrected chi connectivity index (χ4v) is 2.56. The van der Waals surface area contributed by atoms with Crippen LogP contribution in [0.2, 0.25) is 0 Å². The highest BCUT2D eigenvalue weighted by molar-refractivity contribution is 5.85. The molecule has 0 aliphatic rings. The summed E-state index contributed by atoms with van der Waals surface area (Å²) in [5, 5.41) is 14.8. The zero-order valence-corrected chi connectivity index (χ0v) is 18.9. The molecule has 0 saturated heterocycles. The minimum Gasteiger partial charge on any atom is -0.467 e. The molecular formula is C22H32N2O8. The lowest BCUT2D eigenvalue weighted by Gasteiger charge is -2.21. The van der Waals surface area contributed by atoms with Gasteiger partial charge in [0, 0.05) is 13.0 Å². The van der Waals surface area contributed by atoms with E-state index in [1.165, 1.54) is 0 Å². The Morgan fingerprint density at radius 2 is 1.75 bits per heavy atom. The van der Waals surface area contributed by atoms with Crippen molar-refractivity contribution >= 4 is 23.9 Å². The van der Waals surface area contributed by atoms with Crippen LogP contribution < -0.4 is 10.6 Å². The molecule has 0 heterocycles. The molecule has 0 aliphatic carbocycles. The lowest BCUT2D eigenvalue weighted by Crippen LogP contribution is -2.44. The SMILES string of the molecule is COC(=O)[C@H](CCC(=O)OC(C)(C)C)NC(=O)C[C@@H](O)CNC(=O)OCc1ccccc1. The van der Waals surface area contributed by atoms with Crippen molar-refractivity contribution in [3.8, 4) is 0 Å². The maximum absolute atomic E-state index is 12.2. The number of aliphatic hydroxyl groups excluding tert-OH is 1. The van der Waals surface area contributed by atoms with Gasteiger partial charge in [0.25, 0.3) is 0 Å². The third-order valence-corrected chi connectivity index (χ3v) is 3.99. The van der Waals surface area contributed by atoms with Crippen LogP contribution in [-0.2, 0) is 35.2 Å². The molecule has 1 aromatic carbocycles. The molecule has 3 N–H and O–H groups in total. The van der Waals surface area contributed by atoms with Crippen LogP contribution in [0.5, 0.6) is 0 Å². The Morgan fingerprint density at radius 3 is 2.34 bits per heavy atom. The summed E-state index contributed by atoms with van der Waals surface area (Å²) in [5.41, 5.74) is 0.142. The van der Waals surface area contributed by atoms with Gasteiger partial charge < -0.3 is 30.0 Å². The van der Waals surface area contributed by atoms with Crippen molar-refractivity contribution in [2.24, 2.45) is 0 Å². The first kappa shape index (κ1) is 26.9. The van der Waals surface area contributed by atoms with Gasteiger partial charge in [-0.2, -0.15) is 0 Å². The van der Waals surface area contributed by atoms with Gasteiger partial charge in [0.05, 0.1) is 19.6 Å². The average molecular weight is 453 g/mol. The van der Waals surface area contributed by atoms with E-state index in [0.29, 0.717) is 0 Å². The molecule has 2 atom stereocenters. The first-order chi connectivity index (χ1) is 15.0. The topological polar surface area (TPSA) is 140 Å². The molecule has 0 bridgehead atoms. The Morgan fingerprint density at radius 1 is 1.09 bits per heavy atom. The maximum atomic E-state index is 12.2. The van der Waals surface area contributed by atoms with Gasteiger partial charge >= 0.3 is 18.0 Å². The summed E-state index contributed by atoms with van der Waals surface area (Å²) in [7, 11) is 1.16. The molecule has 0 saturated carbocycles. The Labute approximate surface area is 187 Å². The van der Waals surface area contributed by atoms with E-state index < -0.39 is 41.7 Å². The lowest BCUT2D eigenvalue weighted by atomic mass is 10.1. The first-order valence-electron chi connectivity index (χ1n) is 10.2. The zero-order chi connectivity index (χ0) is 24.1. The summed E-state index contributed by atoms with van der Waals surface area (Å²) >= 11 is 0. The van der Waals surface area contributed by atoms with Crippen molar-refractivity contribution in [1.29, 1.82) is 0 Å². The standard InChI is InChI=1S/C22H32N2O8/c1-22(2,3)32-19(27)11-10-17(20(28)30-4)24-18(26)12-16(25)13-23-21(29)31-14-15-8-6-5-7-9-15/h5-9,16-17,25H,10-14H2,1-4H3,(H,23,29)(H,24,26)/t16-,17+/m1/s1. The second-order valence-electron chi connectivity index (χ2n) is 8.07. The highest BCUT2D eigenvalue weighted by Gasteiger charge is 2.25. The third-order valence-electron chi connectivity index (χ3n) is 3.99. The van der Waals surface area contributed by atoms with Crippen molar-refractivity contribution in [1.82, 2.24) is 10.6 Å². The van der Waals surface area contributed by atoms with Crippen molar-refractivity contribution in [2.75, 3.05) is 13.7 Å². The van der Waals surface area contributed by atoms with E-state index in [0.717, 1.165) is 12.7 Å². The van der Waals surface area contributed by atoms with Crippen LogP contribution in [0.4, 0.5) is 4.79 Å². The van der Waals surface area contributed by atoms with Crippen LogP contribution in [0.1, 0.15) is 45.6 Å². The lowest BCUT2D eigenvalue weighted by molar-refractivity contribution is -0.155. The van der Waals surface area contributed by atoms with Gasteiger partial charge in [-0.3, -0.25) is 9.59 Å². The third kappa shape index (κ3) is 11.9. The Bertz CT molecular complexity index is 761. The van der Waals surface area contributed by atoms with Gasteiger partial charge in [-0.05, 0) is 32.8 Å². The molecule has 10 nitrogen and oxygen atoms in total. The van der Waals surface area contributed by atoms with E-state index in [1.807, 2.05) is 18.2 Å². The summed E-state index contributed by atoms with van der Waals surface area (Å²) in [4.78, 5) is 47.6. The van der Waals surface area contributed by atoms with Crippen molar-refractivity contribution in [2.45, 2.75) is 64.4 Å². The fraction of sp³-hybridized carbons (Fsp3) is 0.545. The minimum atomic E-state index is -1.21. The van der Waals surface area contributed by atoms with Crippen LogP contribution in [-0.4, -0.2) is 60.4 Å². The second-order valence-corrected chi connectivity index (χ2v) is 8.07. The number of methoxy groups -OCH3 is 1. The second kappa shape index (κ2) is 13.3. The van der Waals surface area contributed by atoms with E-state index in [1.54, 1.807) is 32.9 Å². The molecule has 0 aliphatic heterocycles. The van der Waals surface area contributed by atoms with Gasteiger partial charge in [0.15, 0.2) is 0 Å². The largest absolute Gasteiger partial charge is 0.467 e. The monoisotopic (exact) mass is 452 g/mol. The smallest absolute Gasteiger partial charge is 0.407 e. The predicted octanol–water partition coefficient (Wildman–Crippen LogP) is 1.44. The highest BCUT2D eigenvalue weighted by atomic mass is 16.6. The fourth-order valence-electron chi connectivity index (χ4n) is 2.56. The van der Waals surface area contributed by atoms with Crippen LogP contribution in [0.15, 0.2) is 30.3 Å². The van der Waals surface area contributed by atoms with Gasteiger partial charge in [0.2, 0.25) is 5.91 Å². The molecular weight excluding hydrogens is 420 g/mol. The number of hydrogen-bond acceptors (Lipinski definition) is 8. The molecule has 2 amide bonds. The summed E-state index contributed by atoms with van der Waals surface area (Å²) in [6.07, 6.45) is -2.44. The number of benzene rings is 1. The molecule has 0 radical (unpaired) electrons. The molecule has 0 spiro atoms. The van der Waals surface area contributed by atoms with Crippen LogP contribution in [0, 0.1) is 0 Å². The number of amides is 2. The Kier molecular flexibility index (Phi) is 11.2.